The molecule has 1 aliphatic rings. The van der Waals surface area contributed by atoms with Crippen LogP contribution in [0.25, 0.3) is 11.5 Å². The lowest BCUT2D eigenvalue weighted by Crippen LogP contribution is -2.35. The molecular formula is C19H26N4O. The number of ether oxygens (including phenoxy) is 1. The number of hydrogen-bond donors (Lipinski definition) is 0. The van der Waals surface area contributed by atoms with Gasteiger partial charge in [0.05, 0.1) is 0 Å². The number of methoxy groups -OCH3 is 1. The molecule has 5 heteroatoms. The molecule has 1 fully saturated rings. The van der Waals surface area contributed by atoms with Crippen molar-refractivity contribution in [1.82, 2.24) is 19.9 Å². The topological polar surface area (TPSA) is 51.1 Å². The summed E-state index contributed by atoms with van der Waals surface area (Å²) in [6.07, 6.45) is 10.7. The molecule has 0 N–H and O–H groups in total. The Kier molecular flexibility index (Phi) is 6.26. The van der Waals surface area contributed by atoms with Crippen molar-refractivity contribution < 1.29 is 4.74 Å². The molecule has 0 aromatic carbocycles. The average molecular weight is 326 g/mol. The van der Waals surface area contributed by atoms with Crippen LogP contribution in [-0.4, -0.2) is 46.7 Å². The molecule has 1 atom stereocenters. The van der Waals surface area contributed by atoms with Crippen molar-refractivity contribution in [3.05, 3.63) is 42.4 Å². The minimum atomic E-state index is 0.690. The van der Waals surface area contributed by atoms with Crippen LogP contribution >= 0.6 is 0 Å². The van der Waals surface area contributed by atoms with Crippen molar-refractivity contribution in [2.24, 2.45) is 5.92 Å². The predicted octanol–water partition coefficient (Wildman–Crippen LogP) is 3.18. The molecule has 1 aliphatic heterocycles. The molecule has 2 aromatic heterocycles. The molecule has 0 radical (unpaired) electrons. The maximum atomic E-state index is 5.17. The van der Waals surface area contributed by atoms with Gasteiger partial charge in [-0.1, -0.05) is 6.07 Å². The fourth-order valence-corrected chi connectivity index (χ4v) is 3.37. The Morgan fingerprint density at radius 3 is 2.83 bits per heavy atom. The standard InChI is InChI=1S/C19H26N4O/c1-24-11-5-7-16-6-4-10-23(14-16)15-17-12-21-19(22-13-17)18-8-2-3-9-20-18/h2-3,8-9,12-13,16H,4-7,10-11,14-15H2,1H3. The smallest absolute Gasteiger partial charge is 0.178 e. The molecule has 0 saturated carbocycles. The monoisotopic (exact) mass is 326 g/mol. The van der Waals surface area contributed by atoms with E-state index in [1.807, 2.05) is 30.6 Å². The zero-order chi connectivity index (χ0) is 16.6. The van der Waals surface area contributed by atoms with E-state index < -0.39 is 0 Å². The summed E-state index contributed by atoms with van der Waals surface area (Å²) in [6, 6.07) is 5.79. The van der Waals surface area contributed by atoms with Crippen LogP contribution in [-0.2, 0) is 11.3 Å². The van der Waals surface area contributed by atoms with Crippen molar-refractivity contribution in [2.45, 2.75) is 32.2 Å². The Morgan fingerprint density at radius 2 is 2.08 bits per heavy atom. The van der Waals surface area contributed by atoms with Crippen LogP contribution in [0.4, 0.5) is 0 Å². The molecule has 5 nitrogen and oxygen atoms in total. The summed E-state index contributed by atoms with van der Waals surface area (Å²) in [5.74, 6) is 1.48. The molecule has 0 spiro atoms. The Bertz CT molecular complexity index is 603. The zero-order valence-corrected chi connectivity index (χ0v) is 14.4. The number of rotatable bonds is 7. The van der Waals surface area contributed by atoms with E-state index in [9.17, 15) is 0 Å². The van der Waals surface area contributed by atoms with Crippen molar-refractivity contribution in [3.8, 4) is 11.5 Å². The number of likely N-dealkylation sites (tertiary alicyclic amines) is 1. The van der Waals surface area contributed by atoms with Crippen molar-refractivity contribution in [1.29, 1.82) is 0 Å². The third-order valence-electron chi connectivity index (χ3n) is 4.57. The molecule has 0 aliphatic carbocycles. The van der Waals surface area contributed by atoms with Crippen molar-refractivity contribution in [3.63, 3.8) is 0 Å². The van der Waals surface area contributed by atoms with Crippen LogP contribution in [0.5, 0.6) is 0 Å². The Hall–Kier alpha value is -1.85. The quantitative estimate of drug-likeness (QED) is 0.732. The number of piperidine rings is 1. The highest BCUT2D eigenvalue weighted by Crippen LogP contribution is 2.22. The van der Waals surface area contributed by atoms with Gasteiger partial charge in [-0.2, -0.15) is 0 Å². The molecule has 0 bridgehead atoms. The van der Waals surface area contributed by atoms with Gasteiger partial charge in [-0.15, -0.1) is 0 Å². The van der Waals surface area contributed by atoms with Crippen LogP contribution in [0.3, 0.4) is 0 Å². The van der Waals surface area contributed by atoms with Crippen LogP contribution in [0.15, 0.2) is 36.8 Å². The molecule has 3 rings (SSSR count). The van der Waals surface area contributed by atoms with E-state index in [2.05, 4.69) is 19.9 Å². The molecule has 1 unspecified atom stereocenters. The average Bonchev–Trinajstić information content (AvgIpc) is 2.64. The Balaban J connectivity index is 1.54. The lowest BCUT2D eigenvalue weighted by molar-refractivity contribution is 0.142. The molecule has 3 heterocycles. The van der Waals surface area contributed by atoms with E-state index in [4.69, 9.17) is 4.74 Å². The first kappa shape index (κ1) is 17.0. The highest BCUT2D eigenvalue weighted by Gasteiger charge is 2.19. The fraction of sp³-hybridized carbons (Fsp3) is 0.526. The van der Waals surface area contributed by atoms with E-state index in [0.717, 1.165) is 31.2 Å². The molecule has 0 amide bonds. The summed E-state index contributed by atoms with van der Waals surface area (Å²) < 4.78 is 5.17. The van der Waals surface area contributed by atoms with Gasteiger partial charge in [0.25, 0.3) is 0 Å². The van der Waals surface area contributed by atoms with Crippen LogP contribution in [0, 0.1) is 5.92 Å². The number of hydrogen-bond acceptors (Lipinski definition) is 5. The summed E-state index contributed by atoms with van der Waals surface area (Å²) in [4.78, 5) is 15.8. The lowest BCUT2D eigenvalue weighted by atomic mass is 9.93. The van der Waals surface area contributed by atoms with Crippen LogP contribution in [0.1, 0.15) is 31.2 Å². The zero-order valence-electron chi connectivity index (χ0n) is 14.4. The first-order valence-electron chi connectivity index (χ1n) is 8.79. The maximum Gasteiger partial charge on any atom is 0.178 e. The third-order valence-corrected chi connectivity index (χ3v) is 4.57. The van der Waals surface area contributed by atoms with E-state index in [1.54, 1.807) is 13.3 Å². The SMILES string of the molecule is COCCCC1CCCN(Cc2cnc(-c3ccccn3)nc2)C1. The maximum absolute atomic E-state index is 5.17. The van der Waals surface area contributed by atoms with Gasteiger partial charge >= 0.3 is 0 Å². The molecular weight excluding hydrogens is 300 g/mol. The first-order chi connectivity index (χ1) is 11.8. The second-order valence-electron chi connectivity index (χ2n) is 6.51. The van der Waals surface area contributed by atoms with Crippen LogP contribution < -0.4 is 0 Å². The summed E-state index contributed by atoms with van der Waals surface area (Å²) in [6.45, 7) is 4.15. The van der Waals surface area contributed by atoms with E-state index in [0.29, 0.717) is 5.82 Å². The van der Waals surface area contributed by atoms with Gasteiger partial charge in [-0.05, 0) is 50.3 Å². The molecule has 1 saturated heterocycles. The summed E-state index contributed by atoms with van der Waals surface area (Å²) >= 11 is 0. The van der Waals surface area contributed by atoms with Gasteiger partial charge in [0.2, 0.25) is 0 Å². The number of aromatic nitrogens is 3. The highest BCUT2D eigenvalue weighted by atomic mass is 16.5. The molecule has 2 aromatic rings. The van der Waals surface area contributed by atoms with Gasteiger partial charge < -0.3 is 4.74 Å². The van der Waals surface area contributed by atoms with Crippen LogP contribution in [0.2, 0.25) is 0 Å². The minimum Gasteiger partial charge on any atom is -0.385 e. The van der Waals surface area contributed by atoms with Gasteiger partial charge in [0.15, 0.2) is 5.82 Å². The summed E-state index contributed by atoms with van der Waals surface area (Å²) in [5.41, 5.74) is 1.99. The van der Waals surface area contributed by atoms with Gasteiger partial charge in [-0.3, -0.25) is 9.88 Å². The highest BCUT2D eigenvalue weighted by molar-refractivity contribution is 5.47. The predicted molar refractivity (Wildman–Crippen MR) is 94.4 cm³/mol. The van der Waals surface area contributed by atoms with Gasteiger partial charge in [0, 0.05) is 51.0 Å². The number of nitrogens with zero attached hydrogens (tertiary/aromatic N) is 4. The van der Waals surface area contributed by atoms with Crippen molar-refractivity contribution >= 4 is 0 Å². The second kappa shape index (κ2) is 8.85. The second-order valence-corrected chi connectivity index (χ2v) is 6.51. The number of pyridine rings is 1. The molecule has 128 valence electrons. The third kappa shape index (κ3) is 4.82. The van der Waals surface area contributed by atoms with Gasteiger partial charge in [-0.25, -0.2) is 9.97 Å². The first-order valence-corrected chi connectivity index (χ1v) is 8.79. The minimum absolute atomic E-state index is 0.690. The van der Waals surface area contributed by atoms with E-state index in [-0.39, 0.29) is 0 Å². The normalized spacial score (nSPS) is 18.6. The lowest BCUT2D eigenvalue weighted by Gasteiger charge is -2.32. The van der Waals surface area contributed by atoms with Crippen molar-refractivity contribution in [2.75, 3.05) is 26.8 Å². The largest absolute Gasteiger partial charge is 0.385 e. The fourth-order valence-electron chi connectivity index (χ4n) is 3.37. The summed E-state index contributed by atoms with van der Waals surface area (Å²) in [7, 11) is 1.78. The Labute approximate surface area is 144 Å². The molecule has 24 heavy (non-hydrogen) atoms. The van der Waals surface area contributed by atoms with E-state index in [1.165, 1.54) is 37.9 Å². The Morgan fingerprint density at radius 1 is 1.21 bits per heavy atom. The van der Waals surface area contributed by atoms with Gasteiger partial charge in [0.1, 0.15) is 5.69 Å². The summed E-state index contributed by atoms with van der Waals surface area (Å²) in [5, 5.41) is 0. The van der Waals surface area contributed by atoms with E-state index >= 15 is 0 Å².